The van der Waals surface area contributed by atoms with Gasteiger partial charge in [-0.05, 0) is 113 Å². The van der Waals surface area contributed by atoms with Crippen LogP contribution in [-0.2, 0) is 19.4 Å². The second-order valence-electron chi connectivity index (χ2n) is 12.7. The van der Waals surface area contributed by atoms with Gasteiger partial charge in [-0.1, -0.05) is 12.1 Å². The fourth-order valence-corrected chi connectivity index (χ4v) is 7.52. The Hall–Kier alpha value is -4.68. The molecule has 2 amide bonds. The molecule has 1 aromatic heterocycles. The van der Waals surface area contributed by atoms with Crippen molar-refractivity contribution < 1.29 is 27.5 Å². The maximum Gasteiger partial charge on any atom is 0.251 e. The first-order valence-electron chi connectivity index (χ1n) is 16.6. The van der Waals surface area contributed by atoms with E-state index in [2.05, 4.69) is 10.3 Å². The molecule has 1 saturated heterocycles. The molecular weight excluding hydrogens is 643 g/mol. The zero-order valence-electron chi connectivity index (χ0n) is 28.8. The molecule has 1 fully saturated rings. The number of sulfone groups is 1. The molecule has 1 aliphatic rings. The number of hydrogen-bond donors (Lipinski definition) is 2. The number of nitrogens with zero attached hydrogens (tertiary/aromatic N) is 3. The summed E-state index contributed by atoms with van der Waals surface area (Å²) in [5, 5.41) is 5.35. The van der Waals surface area contributed by atoms with Crippen molar-refractivity contribution in [1.29, 1.82) is 0 Å². The summed E-state index contributed by atoms with van der Waals surface area (Å²) < 4.78 is 39.2. The van der Waals surface area contributed by atoms with Crippen LogP contribution >= 0.6 is 0 Å². The lowest BCUT2D eigenvalue weighted by atomic mass is 10.00. The largest absolute Gasteiger partial charge is 0.490 e. The molecule has 3 N–H and O–H groups in total. The molecule has 12 heteroatoms. The second-order valence-corrected chi connectivity index (χ2v) is 15.2. The Morgan fingerprint density at radius 2 is 1.80 bits per heavy atom. The van der Waals surface area contributed by atoms with Gasteiger partial charge < -0.3 is 19.7 Å². The summed E-state index contributed by atoms with van der Waals surface area (Å²) >= 11 is 0. The molecule has 0 aliphatic carbocycles. The number of fused-ring (bicyclic) bond motifs is 1. The highest BCUT2D eigenvalue weighted by atomic mass is 32.2. The van der Waals surface area contributed by atoms with Crippen molar-refractivity contribution in [1.82, 2.24) is 9.88 Å². The van der Waals surface area contributed by atoms with Crippen molar-refractivity contribution in [3.05, 3.63) is 84.2 Å². The maximum absolute atomic E-state index is 15.0. The topological polar surface area (TPSA) is 144 Å². The molecule has 5 rings (SSSR count). The van der Waals surface area contributed by atoms with Gasteiger partial charge in [0.2, 0.25) is 5.91 Å². The number of hydrazine groups is 1. The maximum atomic E-state index is 15.0. The van der Waals surface area contributed by atoms with E-state index in [-0.39, 0.29) is 22.8 Å². The van der Waals surface area contributed by atoms with Crippen molar-refractivity contribution in [2.75, 3.05) is 23.5 Å². The van der Waals surface area contributed by atoms with Crippen LogP contribution in [0.2, 0.25) is 0 Å². The normalized spacial score (nSPS) is 15.4. The van der Waals surface area contributed by atoms with E-state index < -0.39 is 27.2 Å². The van der Waals surface area contributed by atoms with Gasteiger partial charge in [-0.25, -0.2) is 14.3 Å². The van der Waals surface area contributed by atoms with E-state index in [9.17, 15) is 13.2 Å². The number of hydrogen-bond acceptors (Lipinski definition) is 9. The Balaban J connectivity index is 1.64. The zero-order chi connectivity index (χ0) is 35.5. The number of carbonyl (C=O) groups excluding carboxylic acids is 2. The Labute approximate surface area is 288 Å². The van der Waals surface area contributed by atoms with Crippen molar-refractivity contribution >= 4 is 43.8 Å². The molecule has 1 aliphatic heterocycles. The van der Waals surface area contributed by atoms with Gasteiger partial charge >= 0.3 is 0 Å². The van der Waals surface area contributed by atoms with Gasteiger partial charge in [-0.15, -0.1) is 0 Å². The number of nitrogens with one attached hydrogen (secondary N) is 1. The number of anilines is 2. The van der Waals surface area contributed by atoms with Crippen LogP contribution < -0.4 is 25.6 Å². The van der Waals surface area contributed by atoms with E-state index in [0.717, 1.165) is 10.8 Å². The number of ether oxygens (including phenoxy) is 2. The van der Waals surface area contributed by atoms with Gasteiger partial charge in [0, 0.05) is 36.9 Å². The molecule has 260 valence electrons. The summed E-state index contributed by atoms with van der Waals surface area (Å²) in [4.78, 5) is 33.0. The molecule has 4 aromatic rings. The molecular formula is C37H45N5O6S. The van der Waals surface area contributed by atoms with Gasteiger partial charge in [0.1, 0.15) is 6.04 Å². The lowest BCUT2D eigenvalue weighted by Gasteiger charge is -2.35. The first-order valence-corrected chi connectivity index (χ1v) is 18.1. The summed E-state index contributed by atoms with van der Waals surface area (Å²) in [6.45, 7) is 11.1. The van der Waals surface area contributed by atoms with Gasteiger partial charge in [-0.2, -0.15) is 0 Å². The molecule has 0 bridgehead atoms. The highest BCUT2D eigenvalue weighted by molar-refractivity contribution is 7.92. The fraction of sp³-hybridized carbons (Fsp3) is 0.378. The number of nitrogens with two attached hydrogens (primary N) is 1. The predicted molar refractivity (Wildman–Crippen MR) is 191 cm³/mol. The number of pyridine rings is 1. The van der Waals surface area contributed by atoms with E-state index in [1.54, 1.807) is 55.4 Å². The molecule has 2 heterocycles. The summed E-state index contributed by atoms with van der Waals surface area (Å²) in [6.07, 6.45) is 4.53. The van der Waals surface area contributed by atoms with Crippen LogP contribution in [0, 0.1) is 0 Å². The van der Waals surface area contributed by atoms with Crippen LogP contribution in [0.3, 0.4) is 0 Å². The SMILES string of the molecule is CCOc1cc([C@H](C(=O)N2CCCC2c2cc(NC(C)=O)ccc2S(=O)(=O)C(C)C)N(N)c2ccc3cnccc3c2)ccc1OC(C)C. The highest BCUT2D eigenvalue weighted by Gasteiger charge is 2.40. The quantitative estimate of drug-likeness (QED) is 0.129. The zero-order valence-corrected chi connectivity index (χ0v) is 29.7. The van der Waals surface area contributed by atoms with Crippen molar-refractivity contribution in [2.45, 2.75) is 82.7 Å². The van der Waals surface area contributed by atoms with Crippen LogP contribution in [-0.4, -0.2) is 54.6 Å². The average molecular weight is 688 g/mol. The van der Waals surface area contributed by atoms with E-state index >= 15 is 4.79 Å². The van der Waals surface area contributed by atoms with Gasteiger partial charge in [-0.3, -0.25) is 19.6 Å². The van der Waals surface area contributed by atoms with Gasteiger partial charge in [0.15, 0.2) is 21.3 Å². The van der Waals surface area contributed by atoms with Crippen molar-refractivity contribution in [2.24, 2.45) is 5.84 Å². The number of carbonyl (C=O) groups is 2. The minimum absolute atomic E-state index is 0.101. The number of likely N-dealkylation sites (tertiary alicyclic amines) is 1. The summed E-state index contributed by atoms with van der Waals surface area (Å²) in [5.41, 5.74) is 2.09. The minimum Gasteiger partial charge on any atom is -0.490 e. The Bertz CT molecular complexity index is 1950. The molecule has 2 atom stereocenters. The third-order valence-electron chi connectivity index (χ3n) is 8.53. The van der Waals surface area contributed by atoms with Crippen LogP contribution in [0.1, 0.15) is 77.6 Å². The molecule has 0 spiro atoms. The number of amides is 2. The Kier molecular flexibility index (Phi) is 10.8. The van der Waals surface area contributed by atoms with E-state index in [0.29, 0.717) is 60.0 Å². The first-order chi connectivity index (χ1) is 23.3. The standard InChI is InChI=1S/C37H45N5O6S/c1-7-47-34-20-27(11-14-33(34)48-23(2)3)36(42(38)30-13-10-28-22-39-17-16-26(28)19-30)37(44)41-18-8-9-32(41)31-21-29(40-25(6)43)12-15-35(31)49(45,46)24(4)5/h10-17,19-24,32,36H,7-9,18,38H2,1-6H3,(H,40,43)/t32?,36-/m1/s1. The monoisotopic (exact) mass is 687 g/mol. The van der Waals surface area contributed by atoms with Gasteiger partial charge in [0.05, 0.1) is 34.6 Å². The van der Waals surface area contributed by atoms with Crippen LogP contribution in [0.25, 0.3) is 10.8 Å². The van der Waals surface area contributed by atoms with E-state index in [1.165, 1.54) is 18.0 Å². The lowest BCUT2D eigenvalue weighted by Crippen LogP contribution is -2.46. The predicted octanol–water partition coefficient (Wildman–Crippen LogP) is 6.35. The molecule has 49 heavy (non-hydrogen) atoms. The second kappa shape index (κ2) is 14.8. The lowest BCUT2D eigenvalue weighted by molar-refractivity contribution is -0.133. The third kappa shape index (κ3) is 7.65. The molecule has 3 aromatic carbocycles. The van der Waals surface area contributed by atoms with Crippen molar-refractivity contribution in [3.8, 4) is 11.5 Å². The van der Waals surface area contributed by atoms with E-state index in [4.69, 9.17) is 15.3 Å². The minimum atomic E-state index is -3.74. The number of rotatable bonds is 12. The summed E-state index contributed by atoms with van der Waals surface area (Å²) in [5.74, 6) is 7.36. The molecule has 11 nitrogen and oxygen atoms in total. The summed E-state index contributed by atoms with van der Waals surface area (Å²) in [7, 11) is -3.74. The summed E-state index contributed by atoms with van der Waals surface area (Å²) in [6, 6.07) is 16.1. The van der Waals surface area contributed by atoms with Crippen LogP contribution in [0.5, 0.6) is 11.5 Å². The fourth-order valence-electron chi connectivity index (χ4n) is 6.23. The smallest absolute Gasteiger partial charge is 0.251 e. The number of benzene rings is 3. The Morgan fingerprint density at radius 1 is 1.02 bits per heavy atom. The average Bonchev–Trinajstić information content (AvgIpc) is 3.55. The van der Waals surface area contributed by atoms with Crippen LogP contribution in [0.15, 0.2) is 78.0 Å². The molecule has 1 unspecified atom stereocenters. The molecule has 0 radical (unpaired) electrons. The van der Waals surface area contributed by atoms with Gasteiger partial charge in [0.25, 0.3) is 5.91 Å². The van der Waals surface area contributed by atoms with E-state index in [1.807, 2.05) is 51.1 Å². The van der Waals surface area contributed by atoms with Crippen molar-refractivity contribution in [3.63, 3.8) is 0 Å². The molecule has 0 saturated carbocycles. The third-order valence-corrected chi connectivity index (χ3v) is 10.8. The Morgan fingerprint density at radius 3 is 2.49 bits per heavy atom. The highest BCUT2D eigenvalue weighted by Crippen LogP contribution is 2.42. The first kappa shape index (κ1) is 35.6. The van der Waals surface area contributed by atoms with Crippen LogP contribution in [0.4, 0.5) is 11.4 Å². The number of aromatic nitrogens is 1.